The second-order valence-corrected chi connectivity index (χ2v) is 6.23. The van der Waals surface area contributed by atoms with Crippen LogP contribution in [0.2, 0.25) is 0 Å². The molecule has 3 rings (SSSR count). The molecule has 1 saturated heterocycles. The normalized spacial score (nSPS) is 14.8. The summed E-state index contributed by atoms with van der Waals surface area (Å²) >= 11 is 0. The number of halogens is 1. The van der Waals surface area contributed by atoms with E-state index in [4.69, 9.17) is 0 Å². The third-order valence-corrected chi connectivity index (χ3v) is 4.55. The summed E-state index contributed by atoms with van der Waals surface area (Å²) < 4.78 is 0. The third kappa shape index (κ3) is 5.27. The van der Waals surface area contributed by atoms with Gasteiger partial charge in [0.2, 0.25) is 5.91 Å². The number of hydrogen-bond donors (Lipinski definition) is 1. The van der Waals surface area contributed by atoms with Crippen LogP contribution in [0.3, 0.4) is 0 Å². The van der Waals surface area contributed by atoms with Crippen molar-refractivity contribution in [3.8, 4) is 0 Å². The quantitative estimate of drug-likeness (QED) is 0.889. The Kier molecular flexibility index (Phi) is 7.13. The molecule has 4 heteroatoms. The van der Waals surface area contributed by atoms with E-state index in [1.54, 1.807) is 0 Å². The number of para-hydroxylation sites is 1. The molecule has 1 aliphatic heterocycles. The predicted molar refractivity (Wildman–Crippen MR) is 102 cm³/mol. The largest absolute Gasteiger partial charge is 0.376 e. The molecule has 128 valence electrons. The van der Waals surface area contributed by atoms with Gasteiger partial charge in [-0.05, 0) is 42.9 Å². The highest BCUT2D eigenvalue weighted by molar-refractivity contribution is 5.85. The molecule has 0 bridgehead atoms. The number of rotatable bonds is 5. The molecule has 3 nitrogen and oxygen atoms in total. The Morgan fingerprint density at radius 2 is 1.54 bits per heavy atom. The van der Waals surface area contributed by atoms with Crippen molar-refractivity contribution >= 4 is 24.0 Å². The predicted octanol–water partition coefficient (Wildman–Crippen LogP) is 4.00. The molecule has 0 radical (unpaired) electrons. The van der Waals surface area contributed by atoms with Crippen molar-refractivity contribution in [2.24, 2.45) is 5.92 Å². The molecule has 1 fully saturated rings. The van der Waals surface area contributed by atoms with Gasteiger partial charge in [0.1, 0.15) is 0 Å². The highest BCUT2D eigenvalue weighted by Gasteiger charge is 2.22. The van der Waals surface area contributed by atoms with E-state index in [2.05, 4.69) is 35.6 Å². The fourth-order valence-corrected chi connectivity index (χ4v) is 3.18. The zero-order valence-electron chi connectivity index (χ0n) is 13.9. The van der Waals surface area contributed by atoms with E-state index < -0.39 is 0 Å². The Morgan fingerprint density at radius 3 is 2.17 bits per heavy atom. The molecule has 0 saturated carbocycles. The van der Waals surface area contributed by atoms with E-state index in [0.717, 1.165) is 38.0 Å². The highest BCUT2D eigenvalue weighted by Crippen LogP contribution is 2.21. The van der Waals surface area contributed by atoms with Crippen LogP contribution in [0.15, 0.2) is 60.7 Å². The minimum atomic E-state index is 0. The van der Waals surface area contributed by atoms with Crippen LogP contribution < -0.4 is 5.32 Å². The molecule has 0 aromatic heterocycles. The van der Waals surface area contributed by atoms with Crippen LogP contribution in [0.1, 0.15) is 18.4 Å². The number of benzene rings is 2. The first-order chi connectivity index (χ1) is 11.3. The van der Waals surface area contributed by atoms with E-state index in [1.165, 1.54) is 5.56 Å². The first kappa shape index (κ1) is 18.3. The first-order valence-corrected chi connectivity index (χ1v) is 8.42. The van der Waals surface area contributed by atoms with Crippen molar-refractivity contribution < 1.29 is 4.79 Å². The van der Waals surface area contributed by atoms with Crippen LogP contribution in [0, 0.1) is 5.92 Å². The Hall–Kier alpha value is -2.00. The van der Waals surface area contributed by atoms with Crippen LogP contribution >= 0.6 is 12.4 Å². The number of piperidine rings is 1. The molecule has 2 aromatic carbocycles. The molecule has 0 atom stereocenters. The van der Waals surface area contributed by atoms with E-state index in [1.807, 2.05) is 35.2 Å². The molecule has 0 unspecified atom stereocenters. The van der Waals surface area contributed by atoms with Crippen molar-refractivity contribution in [3.05, 3.63) is 66.2 Å². The summed E-state index contributed by atoms with van der Waals surface area (Å²) in [6.07, 6.45) is 3.34. The minimum absolute atomic E-state index is 0. The molecular formula is C20H25ClN2O. The molecular weight excluding hydrogens is 320 g/mol. The van der Waals surface area contributed by atoms with Gasteiger partial charge >= 0.3 is 0 Å². The molecule has 1 N–H and O–H groups in total. The number of nitrogens with zero attached hydrogens (tertiary/aromatic N) is 1. The Morgan fingerprint density at radius 1 is 0.958 bits per heavy atom. The van der Waals surface area contributed by atoms with Crippen LogP contribution in [0.5, 0.6) is 0 Å². The number of amides is 1. The van der Waals surface area contributed by atoms with Gasteiger partial charge in [-0.3, -0.25) is 4.79 Å². The summed E-state index contributed by atoms with van der Waals surface area (Å²) in [5.74, 6) is 0.899. The van der Waals surface area contributed by atoms with Crippen molar-refractivity contribution in [2.75, 3.05) is 25.0 Å². The number of hydrogen-bond acceptors (Lipinski definition) is 2. The zero-order chi connectivity index (χ0) is 15.9. The SMILES string of the molecule is Cl.O=C(CNc1ccccc1)N1CCC(Cc2ccccc2)CC1. The van der Waals surface area contributed by atoms with Crippen molar-refractivity contribution in [3.63, 3.8) is 0 Å². The summed E-state index contributed by atoms with van der Waals surface area (Å²) in [5.41, 5.74) is 2.41. The maximum Gasteiger partial charge on any atom is 0.241 e. The highest BCUT2D eigenvalue weighted by atomic mass is 35.5. The summed E-state index contributed by atoms with van der Waals surface area (Å²) in [7, 11) is 0. The summed E-state index contributed by atoms with van der Waals surface area (Å²) in [6.45, 7) is 2.15. The van der Waals surface area contributed by atoms with Gasteiger partial charge in [-0.2, -0.15) is 0 Å². The van der Waals surface area contributed by atoms with Crippen molar-refractivity contribution in [2.45, 2.75) is 19.3 Å². The fraction of sp³-hybridized carbons (Fsp3) is 0.350. The van der Waals surface area contributed by atoms with Gasteiger partial charge < -0.3 is 10.2 Å². The van der Waals surface area contributed by atoms with E-state index >= 15 is 0 Å². The average Bonchev–Trinajstić information content (AvgIpc) is 2.62. The van der Waals surface area contributed by atoms with Gasteiger partial charge in [0.25, 0.3) is 0 Å². The number of carbonyl (C=O) groups excluding carboxylic acids is 1. The van der Waals surface area contributed by atoms with Gasteiger partial charge in [0, 0.05) is 18.8 Å². The average molecular weight is 345 g/mol. The lowest BCUT2D eigenvalue weighted by Gasteiger charge is -2.32. The summed E-state index contributed by atoms with van der Waals surface area (Å²) in [6, 6.07) is 20.5. The second kappa shape index (κ2) is 9.33. The third-order valence-electron chi connectivity index (χ3n) is 4.55. The lowest BCUT2D eigenvalue weighted by atomic mass is 9.90. The maximum atomic E-state index is 12.3. The first-order valence-electron chi connectivity index (χ1n) is 8.42. The second-order valence-electron chi connectivity index (χ2n) is 6.23. The maximum absolute atomic E-state index is 12.3. The van der Waals surface area contributed by atoms with Crippen LogP contribution in [0.25, 0.3) is 0 Å². The smallest absolute Gasteiger partial charge is 0.241 e. The van der Waals surface area contributed by atoms with Gasteiger partial charge in [-0.1, -0.05) is 48.5 Å². The number of carbonyl (C=O) groups is 1. The number of anilines is 1. The molecule has 1 aliphatic rings. The Bertz CT molecular complexity index is 610. The zero-order valence-corrected chi connectivity index (χ0v) is 14.7. The molecule has 1 heterocycles. The van der Waals surface area contributed by atoms with Gasteiger partial charge in [-0.15, -0.1) is 12.4 Å². The van der Waals surface area contributed by atoms with Crippen LogP contribution in [-0.2, 0) is 11.2 Å². The Balaban J connectivity index is 0.00000208. The van der Waals surface area contributed by atoms with Gasteiger partial charge in [0.05, 0.1) is 6.54 Å². The van der Waals surface area contributed by atoms with E-state index in [9.17, 15) is 4.79 Å². The standard InChI is InChI=1S/C20H24N2O.ClH/c23-20(16-21-19-9-5-2-6-10-19)22-13-11-18(12-14-22)15-17-7-3-1-4-8-17;/h1-10,18,21H,11-16H2;1H. The van der Waals surface area contributed by atoms with Crippen LogP contribution in [0.4, 0.5) is 5.69 Å². The van der Waals surface area contributed by atoms with Crippen LogP contribution in [-0.4, -0.2) is 30.4 Å². The molecule has 0 spiro atoms. The topological polar surface area (TPSA) is 32.3 Å². The lowest BCUT2D eigenvalue weighted by Crippen LogP contribution is -2.41. The number of likely N-dealkylation sites (tertiary alicyclic amines) is 1. The molecule has 0 aliphatic carbocycles. The van der Waals surface area contributed by atoms with E-state index in [-0.39, 0.29) is 18.3 Å². The minimum Gasteiger partial charge on any atom is -0.376 e. The number of nitrogens with one attached hydrogen (secondary N) is 1. The molecule has 2 aromatic rings. The summed E-state index contributed by atoms with van der Waals surface area (Å²) in [4.78, 5) is 14.3. The lowest BCUT2D eigenvalue weighted by molar-refractivity contribution is -0.130. The van der Waals surface area contributed by atoms with Gasteiger partial charge in [0.15, 0.2) is 0 Å². The van der Waals surface area contributed by atoms with E-state index in [0.29, 0.717) is 12.5 Å². The molecule has 24 heavy (non-hydrogen) atoms. The summed E-state index contributed by atoms with van der Waals surface area (Å²) in [5, 5.41) is 3.20. The molecule has 1 amide bonds. The fourth-order valence-electron chi connectivity index (χ4n) is 3.18. The van der Waals surface area contributed by atoms with Crippen molar-refractivity contribution in [1.29, 1.82) is 0 Å². The monoisotopic (exact) mass is 344 g/mol. The Labute approximate surface area is 150 Å². The van der Waals surface area contributed by atoms with Crippen molar-refractivity contribution in [1.82, 2.24) is 4.90 Å². The van der Waals surface area contributed by atoms with Gasteiger partial charge in [-0.25, -0.2) is 0 Å².